The molecule has 408 valence electrons. The SMILES string of the molecule is Cc1ncsc1-c1ccc(CNC(=O)[C@@H]2C[C@@H](O)CC2C(=O)[C@@H](NC(=O)c2cccc(COc3ccc(Nc4[nH]nc(-c5ccc(NS(=O)(=O)C(F)F)c(O[C@@H](C)c6ccc(F)cc6)c5)c4C(N)=O)nc3)c2)C(C)(C)C)cc1. The molecule has 1 fully saturated rings. The Labute approximate surface area is 451 Å². The molecule has 3 amide bonds. The molecular formula is C55H56F3N9O9S2. The van der Waals surface area contributed by atoms with Gasteiger partial charge in [0.25, 0.3) is 21.8 Å². The van der Waals surface area contributed by atoms with Crippen LogP contribution in [0.5, 0.6) is 11.5 Å². The number of nitrogens with two attached hydrogens (primary N) is 1. The number of aliphatic hydroxyl groups excluding tert-OH is 1. The zero-order valence-electron chi connectivity index (χ0n) is 42.8. The fourth-order valence-corrected chi connectivity index (χ4v) is 10.4. The quantitative estimate of drug-likeness (QED) is 0.0355. The number of hydrogen-bond acceptors (Lipinski definition) is 14. The lowest BCUT2D eigenvalue weighted by atomic mass is 9.77. The number of benzene rings is 4. The molecule has 7 aromatic rings. The average Bonchev–Trinajstić information content (AvgIpc) is 4.18. The molecule has 5 atom stereocenters. The van der Waals surface area contributed by atoms with Gasteiger partial charge in [-0.1, -0.05) is 75.4 Å². The number of aromatic amines is 1. The molecule has 18 nitrogen and oxygen atoms in total. The molecule has 0 radical (unpaired) electrons. The van der Waals surface area contributed by atoms with Crippen LogP contribution in [0.2, 0.25) is 0 Å². The van der Waals surface area contributed by atoms with Gasteiger partial charge in [0, 0.05) is 23.6 Å². The second kappa shape index (κ2) is 23.6. The van der Waals surface area contributed by atoms with Gasteiger partial charge >= 0.3 is 5.76 Å². The van der Waals surface area contributed by atoms with Gasteiger partial charge in [-0.25, -0.2) is 22.8 Å². The van der Waals surface area contributed by atoms with Gasteiger partial charge in [-0.05, 0) is 103 Å². The summed E-state index contributed by atoms with van der Waals surface area (Å²) in [5.41, 5.74) is 10.7. The van der Waals surface area contributed by atoms with Gasteiger partial charge in [-0.2, -0.15) is 13.9 Å². The Balaban J connectivity index is 0.896. The highest BCUT2D eigenvalue weighted by Gasteiger charge is 2.47. The molecule has 1 unspecified atom stereocenters. The Morgan fingerprint density at radius 1 is 0.910 bits per heavy atom. The summed E-state index contributed by atoms with van der Waals surface area (Å²) < 4.78 is 78.6. The van der Waals surface area contributed by atoms with Crippen molar-refractivity contribution in [3.8, 4) is 33.2 Å². The lowest BCUT2D eigenvalue weighted by Gasteiger charge is -2.33. The van der Waals surface area contributed by atoms with Crippen LogP contribution < -0.4 is 35.9 Å². The molecule has 8 rings (SSSR count). The molecule has 0 saturated heterocycles. The first-order valence-electron chi connectivity index (χ1n) is 24.5. The van der Waals surface area contributed by atoms with Crippen LogP contribution in [0.1, 0.15) is 89.7 Å². The zero-order valence-corrected chi connectivity index (χ0v) is 44.5. The minimum Gasteiger partial charge on any atom is -0.487 e. The van der Waals surface area contributed by atoms with Crippen LogP contribution in [0.15, 0.2) is 115 Å². The number of aromatic nitrogens is 4. The number of thiazole rings is 1. The molecule has 1 aliphatic rings. The molecule has 4 aromatic carbocycles. The Bertz CT molecular complexity index is 3430. The predicted molar refractivity (Wildman–Crippen MR) is 287 cm³/mol. The molecule has 0 spiro atoms. The number of Topliss-reactive ketones (excluding diaryl/α,β-unsaturated/α-hetero) is 1. The van der Waals surface area contributed by atoms with Crippen molar-refractivity contribution in [3.05, 3.63) is 154 Å². The Morgan fingerprint density at radius 2 is 1.63 bits per heavy atom. The first-order valence-corrected chi connectivity index (χ1v) is 27.0. The van der Waals surface area contributed by atoms with E-state index in [2.05, 4.69) is 36.1 Å². The number of carbonyl (C=O) groups is 4. The lowest BCUT2D eigenvalue weighted by Crippen LogP contribution is -2.52. The van der Waals surface area contributed by atoms with Crippen molar-refractivity contribution in [2.24, 2.45) is 23.0 Å². The van der Waals surface area contributed by atoms with Crippen LogP contribution >= 0.6 is 11.3 Å². The highest BCUT2D eigenvalue weighted by molar-refractivity contribution is 7.93. The number of halogens is 3. The molecule has 1 aliphatic carbocycles. The Kier molecular flexibility index (Phi) is 17.0. The maximum atomic E-state index is 14.4. The Hall–Kier alpha value is -8.15. The van der Waals surface area contributed by atoms with Crippen molar-refractivity contribution in [2.75, 3.05) is 10.0 Å². The van der Waals surface area contributed by atoms with E-state index in [1.807, 2.05) is 56.7 Å². The molecule has 1 saturated carbocycles. The molecule has 23 heteroatoms. The molecule has 0 aliphatic heterocycles. The highest BCUT2D eigenvalue weighted by atomic mass is 32.2. The van der Waals surface area contributed by atoms with E-state index in [-0.39, 0.29) is 83.1 Å². The fraction of sp³-hybridized carbons (Fsp3) is 0.291. The van der Waals surface area contributed by atoms with E-state index < -0.39 is 68.9 Å². The smallest absolute Gasteiger partial charge is 0.355 e. The number of ketones is 1. The topological polar surface area (TPSA) is 270 Å². The van der Waals surface area contributed by atoms with Crippen molar-refractivity contribution in [3.63, 3.8) is 0 Å². The number of amides is 3. The maximum absolute atomic E-state index is 14.4. The summed E-state index contributed by atoms with van der Waals surface area (Å²) in [6, 6.07) is 25.6. The van der Waals surface area contributed by atoms with E-state index in [0.717, 1.165) is 27.8 Å². The molecule has 8 N–H and O–H groups in total. The van der Waals surface area contributed by atoms with Crippen LogP contribution in [0, 0.1) is 30.0 Å². The third-order valence-electron chi connectivity index (χ3n) is 13.1. The normalized spacial score (nSPS) is 16.3. The lowest BCUT2D eigenvalue weighted by molar-refractivity contribution is -0.135. The summed E-state index contributed by atoms with van der Waals surface area (Å²) in [5, 5.41) is 26.5. The summed E-state index contributed by atoms with van der Waals surface area (Å²) >= 11 is 1.55. The summed E-state index contributed by atoms with van der Waals surface area (Å²) in [6.45, 7) is 9.24. The van der Waals surface area contributed by atoms with Gasteiger partial charge in [0.05, 0.1) is 46.0 Å². The molecular weight excluding hydrogens is 1050 g/mol. The number of aliphatic hydroxyl groups is 1. The molecule has 78 heavy (non-hydrogen) atoms. The van der Waals surface area contributed by atoms with Crippen molar-refractivity contribution < 1.29 is 55.3 Å². The number of pyridine rings is 1. The predicted octanol–water partition coefficient (Wildman–Crippen LogP) is 8.99. The minimum atomic E-state index is -5.14. The number of hydrogen-bond donors (Lipinski definition) is 7. The summed E-state index contributed by atoms with van der Waals surface area (Å²) in [4.78, 5) is 64.6. The van der Waals surface area contributed by atoms with Gasteiger partial charge in [0.15, 0.2) is 5.78 Å². The molecule has 3 aromatic heterocycles. The second-order valence-corrected chi connectivity index (χ2v) is 22.3. The number of sulfonamides is 1. The van der Waals surface area contributed by atoms with E-state index in [0.29, 0.717) is 16.9 Å². The monoisotopic (exact) mass is 1110 g/mol. The highest BCUT2D eigenvalue weighted by Crippen LogP contribution is 2.39. The van der Waals surface area contributed by atoms with Crippen LogP contribution in [0.4, 0.5) is 30.5 Å². The maximum Gasteiger partial charge on any atom is 0.355 e. The largest absolute Gasteiger partial charge is 0.487 e. The number of ether oxygens (including phenoxy) is 2. The molecule has 3 heterocycles. The van der Waals surface area contributed by atoms with E-state index in [1.165, 1.54) is 42.6 Å². The van der Waals surface area contributed by atoms with E-state index >= 15 is 0 Å². The van der Waals surface area contributed by atoms with Crippen LogP contribution in [0.25, 0.3) is 21.7 Å². The first-order chi connectivity index (χ1) is 37.0. The first kappa shape index (κ1) is 56.1. The Morgan fingerprint density at radius 3 is 2.28 bits per heavy atom. The number of anilines is 3. The van der Waals surface area contributed by atoms with E-state index in [4.69, 9.17) is 15.2 Å². The van der Waals surface area contributed by atoms with Crippen LogP contribution in [-0.2, 0) is 32.8 Å². The second-order valence-electron chi connectivity index (χ2n) is 19.8. The van der Waals surface area contributed by atoms with Gasteiger partial charge in [-0.15, -0.1) is 11.3 Å². The van der Waals surface area contributed by atoms with Gasteiger partial charge in [0.2, 0.25) is 5.91 Å². The van der Waals surface area contributed by atoms with E-state index in [9.17, 15) is 45.9 Å². The van der Waals surface area contributed by atoms with Crippen molar-refractivity contribution in [1.82, 2.24) is 30.8 Å². The number of aryl methyl sites for hydroxylation is 1. The van der Waals surface area contributed by atoms with Gasteiger partial charge in [0.1, 0.15) is 52.9 Å². The van der Waals surface area contributed by atoms with Gasteiger partial charge < -0.3 is 36.3 Å². The number of nitrogens with one attached hydrogen (secondary N) is 5. The number of carbonyl (C=O) groups excluding carboxylic acids is 4. The fourth-order valence-electron chi connectivity index (χ4n) is 8.99. The summed E-state index contributed by atoms with van der Waals surface area (Å²) in [7, 11) is -5.14. The number of rotatable bonds is 21. The van der Waals surface area contributed by atoms with Crippen LogP contribution in [0.3, 0.4) is 0 Å². The minimum absolute atomic E-state index is 0.0103. The number of H-pyrrole nitrogens is 1. The molecule has 0 bridgehead atoms. The summed E-state index contributed by atoms with van der Waals surface area (Å²) in [5.74, 6) is -7.68. The average molecular weight is 1110 g/mol. The third kappa shape index (κ3) is 13.3. The van der Waals surface area contributed by atoms with E-state index in [1.54, 1.807) is 60.2 Å². The van der Waals surface area contributed by atoms with Crippen LogP contribution in [-0.4, -0.2) is 75.1 Å². The van der Waals surface area contributed by atoms with Gasteiger partial charge in [-0.3, -0.25) is 29.0 Å². The number of alkyl halides is 2. The summed E-state index contributed by atoms with van der Waals surface area (Å²) in [6.07, 6.45) is -0.101. The third-order valence-corrected chi connectivity index (χ3v) is 15.0. The van der Waals surface area contributed by atoms with Crippen molar-refractivity contribution in [2.45, 2.75) is 84.6 Å². The standard InChI is InChI=1S/C55H56F3N9O9S2/c1-29-48(77-28-62-29)34-11-9-31(10-12-34)25-61-53(72)41-24-38(68)23-40(41)47(69)49(55(3,4)5)64-52(71)36-8-6-7-32(21-36)27-75-39-18-20-44(60-26-39)63-51-45(50(59)70)46(65-66-51)35-15-19-42(67-78(73,74)54(57)58)43(22-35)76-30(2)33-13-16-37(56)17-14-33/h6-22,26,28,30,38,40-41,49,54,67-68H,23-25,27H2,1-5H3,(H2,59,70)(H,61,72)(H,64,71)(H2,60,63,65,66)/t30-,38-,40?,41+,49+/m0/s1. The van der Waals surface area contributed by atoms with Crippen molar-refractivity contribution in [1.29, 1.82) is 0 Å². The zero-order chi connectivity index (χ0) is 56.1. The van der Waals surface area contributed by atoms with Crippen molar-refractivity contribution >= 4 is 62.2 Å². The number of nitrogens with zero attached hydrogens (tertiary/aromatic N) is 3. The number of primary amides is 1.